The van der Waals surface area contributed by atoms with Crippen LogP contribution in [-0.4, -0.2) is 64.8 Å². The van der Waals surface area contributed by atoms with Crippen molar-refractivity contribution >= 4 is 156 Å². The van der Waals surface area contributed by atoms with E-state index < -0.39 is 11.7 Å². The van der Waals surface area contributed by atoms with E-state index in [1.807, 2.05) is 254 Å². The molecule has 0 atom stereocenters. The lowest BCUT2D eigenvalue weighted by atomic mass is 10.1. The summed E-state index contributed by atoms with van der Waals surface area (Å²) in [5, 5.41) is 38.4. The van der Waals surface area contributed by atoms with Gasteiger partial charge in [0.05, 0.1) is 5.56 Å². The number of rotatable bonds is 24. The minimum absolute atomic E-state index is 0.0923. The number of benzene rings is 11. The Balaban J connectivity index is 0.000000141. The maximum absolute atomic E-state index is 13.1. The number of nitrogens with zero attached hydrogens (tertiary/aromatic N) is 13. The lowest BCUT2D eigenvalue weighted by molar-refractivity contribution is -0.137. The van der Waals surface area contributed by atoms with Gasteiger partial charge in [0.15, 0.2) is 0 Å². The molecule has 0 fully saturated rings. The van der Waals surface area contributed by atoms with E-state index in [0.29, 0.717) is 59.4 Å². The van der Waals surface area contributed by atoms with Crippen LogP contribution in [0.2, 0.25) is 0 Å². The molecule has 0 bridgehead atoms. The lowest BCUT2D eigenvalue weighted by Crippen LogP contribution is -2.08. The fourth-order valence-electron chi connectivity index (χ4n) is 12.3. The number of halogens is 4. The van der Waals surface area contributed by atoms with E-state index in [9.17, 15) is 13.2 Å². The molecule has 0 saturated carbocycles. The molecule has 12 N–H and O–H groups in total. The zero-order valence-electron chi connectivity index (χ0n) is 69.0. The molecule has 25 nitrogen and oxygen atoms in total. The number of alkyl halides is 3. The van der Waals surface area contributed by atoms with Crippen LogP contribution < -0.4 is 63.8 Å². The standard InChI is InChI=1S/C25H26N6.C24H21F3N6.C23H21BrN6.C22H21N7/c1-16-7-5-9-20(12-16)26-23-29-24(27-21-10-6-8-17(2)13-21)31-25(30-23)28-22-14-18(3)11-19(4)15-22;1-15-6-3-9-18(12-15)28-21-31-22(29-19-10-4-7-16(2)13-19)33-23(32-21)30-20-11-5-8-17(14-20)24(25,26)27;1-15-5-3-7-19(13-15)26-22-28-21(25-18-11-9-17(24)10-12-18)29-23(30-22)27-20-8-4-6-16(2)14-20;1-15-7-5-9-17(13-15)24-20-27-21(25-18-10-6-8-16(2)14-18)29-22(28-20)26-19-11-3-4-12-23-19/h5-15H,1-4H3,(H3,26,27,28,29,30,31);3-14H,1-2H3,(H3,28,29,30,31,32,33);3-14H,1-2H3,(H3,25,26,27,28,29,30);3-14H,1-2H3,(H3,23,24,25,26,27,28,29). The molecule has 16 aromatic rings. The van der Waals surface area contributed by atoms with Gasteiger partial charge in [-0.25, -0.2) is 4.98 Å². The first-order valence-electron chi connectivity index (χ1n) is 39.1. The van der Waals surface area contributed by atoms with E-state index in [2.05, 4.69) is 215 Å². The predicted molar refractivity (Wildman–Crippen MR) is 494 cm³/mol. The van der Waals surface area contributed by atoms with Gasteiger partial charge in [-0.05, 0) is 289 Å². The minimum Gasteiger partial charge on any atom is -0.324 e. The van der Waals surface area contributed by atoms with Crippen LogP contribution in [0.5, 0.6) is 0 Å². The van der Waals surface area contributed by atoms with Gasteiger partial charge in [0.2, 0.25) is 71.4 Å². The van der Waals surface area contributed by atoms with E-state index in [1.165, 1.54) is 23.3 Å². The van der Waals surface area contributed by atoms with E-state index in [4.69, 9.17) is 0 Å². The van der Waals surface area contributed by atoms with E-state index >= 15 is 0 Å². The summed E-state index contributed by atoms with van der Waals surface area (Å²) in [5.41, 5.74) is 19.6. The molecule has 0 unspecified atom stereocenters. The molecule has 0 saturated heterocycles. The molecule has 0 aliphatic carbocycles. The molecule has 0 amide bonds. The molecule has 123 heavy (non-hydrogen) atoms. The van der Waals surface area contributed by atoms with Gasteiger partial charge >= 0.3 is 6.18 Å². The van der Waals surface area contributed by atoms with E-state index in [1.54, 1.807) is 6.20 Å². The molecular formula is C94H89BrF3N25. The topological polar surface area (TPSA) is 312 Å². The normalized spacial score (nSPS) is 10.7. The highest BCUT2D eigenvalue weighted by atomic mass is 79.9. The zero-order valence-corrected chi connectivity index (χ0v) is 70.5. The Hall–Kier alpha value is -15.5. The van der Waals surface area contributed by atoms with Gasteiger partial charge in [-0.15, -0.1) is 0 Å². The molecule has 0 aliphatic rings. The van der Waals surface area contributed by atoms with Gasteiger partial charge in [0.1, 0.15) is 5.82 Å². The van der Waals surface area contributed by atoms with Crippen molar-refractivity contribution in [2.24, 2.45) is 0 Å². The number of hydrogen-bond acceptors (Lipinski definition) is 25. The maximum atomic E-state index is 13.1. The van der Waals surface area contributed by atoms with Gasteiger partial charge in [-0.1, -0.05) is 131 Å². The minimum atomic E-state index is -4.45. The Kier molecular flexibility index (Phi) is 28.3. The quantitative estimate of drug-likeness (QED) is 0.0267. The van der Waals surface area contributed by atoms with Crippen LogP contribution in [0, 0.1) is 69.2 Å². The summed E-state index contributed by atoms with van der Waals surface area (Å²) in [6.07, 6.45) is -2.74. The van der Waals surface area contributed by atoms with Crippen LogP contribution in [-0.2, 0) is 6.18 Å². The van der Waals surface area contributed by atoms with Crippen LogP contribution in [0.25, 0.3) is 0 Å². The SMILES string of the molecule is Cc1cccc(Nc2nc(Nc3ccc(Br)cc3)nc(Nc3cccc(C)c3)n2)c1.Cc1cccc(Nc2nc(Nc3cccc(C)c3)nc(Nc3cc(C)cc(C)c3)n2)c1.Cc1cccc(Nc2nc(Nc3cccc(C)c3)nc(Nc3cccc(C(F)(F)F)c3)n2)c1.Cc1cccc(Nc2nc(Nc3cccc(C)c3)nc(Nc3ccccn3)n2)c1. The van der Waals surface area contributed by atoms with Crippen LogP contribution in [0.3, 0.4) is 0 Å². The molecule has 5 heterocycles. The van der Waals surface area contributed by atoms with E-state index in [-0.39, 0.29) is 23.5 Å². The Morgan fingerprint density at radius 3 is 0.659 bits per heavy atom. The number of hydrogen-bond donors (Lipinski definition) is 12. The second-order valence-electron chi connectivity index (χ2n) is 28.9. The third-order valence-electron chi connectivity index (χ3n) is 17.7. The Morgan fingerprint density at radius 1 is 0.203 bits per heavy atom. The third-order valence-corrected chi connectivity index (χ3v) is 18.2. The maximum Gasteiger partial charge on any atom is 0.416 e. The number of nitrogens with one attached hydrogen (secondary N) is 12. The average molecular weight is 1710 g/mol. The summed E-state index contributed by atoms with van der Waals surface area (Å²) in [7, 11) is 0. The lowest BCUT2D eigenvalue weighted by Gasteiger charge is -2.13. The van der Waals surface area contributed by atoms with Crippen molar-refractivity contribution < 1.29 is 13.2 Å². The summed E-state index contributed by atoms with van der Waals surface area (Å²) < 4.78 is 40.3. The van der Waals surface area contributed by atoms with Crippen LogP contribution in [0.1, 0.15) is 61.2 Å². The first-order chi connectivity index (χ1) is 59.3. The molecule has 29 heteroatoms. The zero-order chi connectivity index (χ0) is 86.2. The van der Waals surface area contributed by atoms with Crippen LogP contribution in [0.4, 0.5) is 153 Å². The van der Waals surface area contributed by atoms with Crippen LogP contribution in [0.15, 0.2) is 290 Å². The van der Waals surface area contributed by atoms with Crippen molar-refractivity contribution in [3.8, 4) is 0 Å². The van der Waals surface area contributed by atoms with Crippen molar-refractivity contribution in [3.05, 3.63) is 351 Å². The summed E-state index contributed by atoms with van der Waals surface area (Å²) in [6, 6.07) is 88.2. The summed E-state index contributed by atoms with van der Waals surface area (Å²) in [4.78, 5) is 58.2. The highest BCUT2D eigenvalue weighted by Crippen LogP contribution is 2.33. The van der Waals surface area contributed by atoms with E-state index in [0.717, 1.165) is 118 Å². The molecule has 618 valence electrons. The first-order valence-corrected chi connectivity index (χ1v) is 39.9. The molecule has 11 aromatic carbocycles. The second kappa shape index (κ2) is 40.8. The summed E-state index contributed by atoms with van der Waals surface area (Å²) >= 11 is 3.45. The van der Waals surface area contributed by atoms with Gasteiger partial charge in [-0.3, -0.25) is 0 Å². The Bertz CT molecular complexity index is 6000. The molecule has 0 spiro atoms. The third kappa shape index (κ3) is 27.3. The second-order valence-corrected chi connectivity index (χ2v) is 29.8. The number of aryl methyl sites for hydroxylation is 10. The summed E-state index contributed by atoms with van der Waals surface area (Å²) in [6.45, 7) is 20.3. The van der Waals surface area contributed by atoms with Crippen molar-refractivity contribution in [2.75, 3.05) is 63.8 Å². The highest BCUT2D eigenvalue weighted by molar-refractivity contribution is 9.10. The Morgan fingerprint density at radius 2 is 0.423 bits per heavy atom. The number of aromatic nitrogens is 13. The van der Waals surface area contributed by atoms with Crippen molar-refractivity contribution in [2.45, 2.75) is 75.4 Å². The first kappa shape index (κ1) is 85.4. The molecule has 16 rings (SSSR count). The molecule has 0 radical (unpaired) electrons. The van der Waals surface area contributed by atoms with Crippen LogP contribution >= 0.6 is 15.9 Å². The number of pyridine rings is 1. The summed E-state index contributed by atoms with van der Waals surface area (Å²) in [5.74, 6) is 5.20. The molecular weight excluding hydrogens is 1620 g/mol. The smallest absolute Gasteiger partial charge is 0.324 e. The van der Waals surface area contributed by atoms with Gasteiger partial charge in [0.25, 0.3) is 0 Å². The van der Waals surface area contributed by atoms with Gasteiger partial charge in [-0.2, -0.15) is 73.0 Å². The van der Waals surface area contributed by atoms with Crippen molar-refractivity contribution in [3.63, 3.8) is 0 Å². The molecule has 0 aliphatic heterocycles. The average Bonchev–Trinajstić information content (AvgIpc) is 0.834. The van der Waals surface area contributed by atoms with Gasteiger partial charge in [0, 0.05) is 73.2 Å². The fourth-order valence-corrected chi connectivity index (χ4v) is 12.5. The van der Waals surface area contributed by atoms with Gasteiger partial charge < -0.3 is 63.8 Å². The number of anilines is 24. The Labute approximate surface area is 719 Å². The predicted octanol–water partition coefficient (Wildman–Crippen LogP) is 24.7. The van der Waals surface area contributed by atoms with Crippen molar-refractivity contribution in [1.82, 2.24) is 64.8 Å². The monoisotopic (exact) mass is 1700 g/mol. The van der Waals surface area contributed by atoms with Crippen molar-refractivity contribution in [1.29, 1.82) is 0 Å². The fraction of sp³-hybridized carbons (Fsp3) is 0.117. The highest BCUT2D eigenvalue weighted by Gasteiger charge is 2.30. The molecule has 5 aromatic heterocycles. The largest absolute Gasteiger partial charge is 0.416 e.